The largest absolute Gasteiger partial charge is 0.481 e. The Labute approximate surface area is 138 Å². The van der Waals surface area contributed by atoms with E-state index in [1.54, 1.807) is 0 Å². The molecule has 0 bridgehead atoms. The van der Waals surface area contributed by atoms with Crippen LogP contribution in [0.3, 0.4) is 0 Å². The molecule has 0 aliphatic carbocycles. The molecule has 0 aliphatic heterocycles. The van der Waals surface area contributed by atoms with Crippen molar-refractivity contribution in [3.05, 3.63) is 59.4 Å². The molecular weight excluding hydrogens is 352 g/mol. The first kappa shape index (κ1) is 18.6. The van der Waals surface area contributed by atoms with Crippen molar-refractivity contribution in [2.45, 2.75) is 19.2 Å². The molecule has 2 rings (SSSR count). The van der Waals surface area contributed by atoms with Gasteiger partial charge < -0.3 is 10.1 Å². The number of carbonyl (C=O) groups is 1. The van der Waals surface area contributed by atoms with E-state index in [9.17, 15) is 31.1 Å². The second-order valence-electron chi connectivity index (χ2n) is 4.99. The quantitative estimate of drug-likeness (QED) is 0.640. The van der Waals surface area contributed by atoms with E-state index in [-0.39, 0.29) is 5.75 Å². The van der Waals surface area contributed by atoms with Crippen LogP contribution < -0.4 is 10.1 Å². The van der Waals surface area contributed by atoms with E-state index in [2.05, 4.69) is 0 Å². The van der Waals surface area contributed by atoms with Crippen LogP contribution in [0.1, 0.15) is 12.5 Å². The molecule has 0 heterocycles. The highest BCUT2D eigenvalue weighted by atomic mass is 19.4. The maximum Gasteiger partial charge on any atom is 0.416 e. The van der Waals surface area contributed by atoms with E-state index in [4.69, 9.17) is 4.74 Å². The van der Waals surface area contributed by atoms with E-state index in [1.807, 2.05) is 5.32 Å². The minimum absolute atomic E-state index is 0.0265. The number of alkyl halides is 3. The molecular formula is C16H11F6NO2. The van der Waals surface area contributed by atoms with Crippen LogP contribution in [-0.2, 0) is 11.0 Å². The number of ether oxygens (including phenoxy) is 1. The molecule has 1 atom stereocenters. The van der Waals surface area contributed by atoms with E-state index in [0.29, 0.717) is 6.07 Å². The van der Waals surface area contributed by atoms with Gasteiger partial charge in [-0.2, -0.15) is 13.2 Å². The highest BCUT2D eigenvalue weighted by molar-refractivity contribution is 5.94. The van der Waals surface area contributed by atoms with Crippen molar-refractivity contribution in [3.63, 3.8) is 0 Å². The molecule has 0 spiro atoms. The Bertz CT molecular complexity index is 773. The summed E-state index contributed by atoms with van der Waals surface area (Å²) in [6.07, 6.45) is -5.74. The topological polar surface area (TPSA) is 38.3 Å². The van der Waals surface area contributed by atoms with Crippen LogP contribution in [0.5, 0.6) is 5.75 Å². The number of halogens is 6. The fraction of sp³-hybridized carbons (Fsp3) is 0.188. The molecule has 25 heavy (non-hydrogen) atoms. The summed E-state index contributed by atoms with van der Waals surface area (Å²) in [4.78, 5) is 11.9. The lowest BCUT2D eigenvalue weighted by atomic mass is 10.2. The van der Waals surface area contributed by atoms with Crippen molar-refractivity contribution in [2.24, 2.45) is 0 Å². The van der Waals surface area contributed by atoms with Crippen LogP contribution in [0, 0.1) is 17.5 Å². The molecule has 2 aromatic carbocycles. The van der Waals surface area contributed by atoms with Gasteiger partial charge in [-0.05, 0) is 43.3 Å². The minimum Gasteiger partial charge on any atom is -0.481 e. The fourth-order valence-electron chi connectivity index (χ4n) is 1.84. The maximum absolute atomic E-state index is 13.5. The fourth-order valence-corrected chi connectivity index (χ4v) is 1.84. The molecule has 9 heteroatoms. The predicted molar refractivity (Wildman–Crippen MR) is 76.5 cm³/mol. The molecule has 1 amide bonds. The van der Waals surface area contributed by atoms with Gasteiger partial charge in [0, 0.05) is 0 Å². The molecule has 0 fully saturated rings. The molecule has 3 nitrogen and oxygen atoms in total. The number of hydrogen-bond donors (Lipinski definition) is 1. The minimum atomic E-state index is -4.51. The van der Waals surface area contributed by atoms with E-state index < -0.39 is 46.9 Å². The molecule has 1 N–H and O–H groups in total. The highest BCUT2D eigenvalue weighted by Crippen LogP contribution is 2.30. The lowest BCUT2D eigenvalue weighted by molar-refractivity contribution is -0.137. The van der Waals surface area contributed by atoms with Gasteiger partial charge in [-0.3, -0.25) is 4.79 Å². The first-order valence-electron chi connectivity index (χ1n) is 6.88. The number of benzene rings is 2. The Balaban J connectivity index is 2.04. The Kier molecular flexibility index (Phi) is 5.24. The second kappa shape index (κ2) is 7.04. The smallest absolute Gasteiger partial charge is 0.416 e. The maximum atomic E-state index is 13.5. The van der Waals surface area contributed by atoms with Gasteiger partial charge in [0.25, 0.3) is 5.91 Å². The van der Waals surface area contributed by atoms with Crippen LogP contribution in [0.25, 0.3) is 0 Å². The van der Waals surface area contributed by atoms with Gasteiger partial charge >= 0.3 is 6.18 Å². The normalized spacial score (nSPS) is 12.6. The molecule has 0 radical (unpaired) electrons. The molecule has 0 saturated heterocycles. The zero-order valence-corrected chi connectivity index (χ0v) is 12.6. The summed E-state index contributed by atoms with van der Waals surface area (Å²) in [5, 5.41) is 2.01. The third-order valence-electron chi connectivity index (χ3n) is 3.16. The number of anilines is 1. The summed E-state index contributed by atoms with van der Waals surface area (Å²) in [5.41, 5.74) is -1.48. The van der Waals surface area contributed by atoms with Gasteiger partial charge in [0.05, 0.1) is 11.3 Å². The molecule has 134 valence electrons. The van der Waals surface area contributed by atoms with Crippen LogP contribution in [0.4, 0.5) is 32.0 Å². The van der Waals surface area contributed by atoms with Crippen LogP contribution in [0.15, 0.2) is 36.4 Å². The van der Waals surface area contributed by atoms with Crippen molar-refractivity contribution in [1.82, 2.24) is 0 Å². The van der Waals surface area contributed by atoms with Crippen molar-refractivity contribution in [1.29, 1.82) is 0 Å². The summed E-state index contributed by atoms with van der Waals surface area (Å²) < 4.78 is 81.9. The Morgan fingerprint density at radius 1 is 1.00 bits per heavy atom. The number of hydrogen-bond acceptors (Lipinski definition) is 2. The number of rotatable bonds is 4. The van der Waals surface area contributed by atoms with E-state index in [1.165, 1.54) is 6.92 Å². The first-order valence-corrected chi connectivity index (χ1v) is 6.88. The van der Waals surface area contributed by atoms with Crippen molar-refractivity contribution < 1.29 is 35.9 Å². The van der Waals surface area contributed by atoms with Gasteiger partial charge in [0.2, 0.25) is 0 Å². The van der Waals surface area contributed by atoms with E-state index >= 15 is 0 Å². The van der Waals surface area contributed by atoms with Crippen LogP contribution >= 0.6 is 0 Å². The SMILES string of the molecule is C[C@@H](Oc1ccc(C(F)(F)F)cc1)C(=O)Nc1ccc(F)c(F)c1F. The average Bonchev–Trinajstić information content (AvgIpc) is 2.55. The zero-order chi connectivity index (χ0) is 18.8. The van der Waals surface area contributed by atoms with Crippen molar-refractivity contribution >= 4 is 11.6 Å². The molecule has 0 aromatic heterocycles. The summed E-state index contributed by atoms with van der Waals surface area (Å²) in [7, 11) is 0. The Morgan fingerprint density at radius 2 is 1.60 bits per heavy atom. The lowest BCUT2D eigenvalue weighted by Gasteiger charge is -2.16. The van der Waals surface area contributed by atoms with Gasteiger partial charge in [-0.25, -0.2) is 13.2 Å². The Morgan fingerprint density at radius 3 is 2.16 bits per heavy atom. The monoisotopic (exact) mass is 363 g/mol. The van der Waals surface area contributed by atoms with Crippen molar-refractivity contribution in [3.8, 4) is 5.75 Å². The predicted octanol–water partition coefficient (Wildman–Crippen LogP) is 4.53. The zero-order valence-electron chi connectivity index (χ0n) is 12.6. The van der Waals surface area contributed by atoms with Crippen molar-refractivity contribution in [2.75, 3.05) is 5.32 Å². The molecule has 0 aliphatic rings. The standard InChI is InChI=1S/C16H11F6NO2/c1-8(25-10-4-2-9(3-5-10)16(20,21)22)15(24)23-12-7-6-11(17)13(18)14(12)19/h2-8H,1H3,(H,23,24)/t8-/m1/s1. The third kappa shape index (κ3) is 4.43. The first-order chi connectivity index (χ1) is 11.6. The summed E-state index contributed by atoms with van der Waals surface area (Å²) in [5.74, 6) is -5.65. The second-order valence-corrected chi connectivity index (χ2v) is 4.99. The molecule has 2 aromatic rings. The lowest BCUT2D eigenvalue weighted by Crippen LogP contribution is -2.30. The van der Waals surface area contributed by atoms with Crippen LogP contribution in [0.2, 0.25) is 0 Å². The summed E-state index contributed by atoms with van der Waals surface area (Å²) >= 11 is 0. The average molecular weight is 363 g/mol. The number of nitrogens with one attached hydrogen (secondary N) is 1. The highest BCUT2D eigenvalue weighted by Gasteiger charge is 2.30. The molecule has 0 unspecified atom stereocenters. The number of amides is 1. The van der Waals surface area contributed by atoms with Crippen LogP contribution in [-0.4, -0.2) is 12.0 Å². The summed E-state index contributed by atoms with van der Waals surface area (Å²) in [6.45, 7) is 1.25. The van der Waals surface area contributed by atoms with Gasteiger partial charge in [0.15, 0.2) is 23.6 Å². The van der Waals surface area contributed by atoms with Gasteiger partial charge in [0.1, 0.15) is 5.75 Å². The van der Waals surface area contributed by atoms with Gasteiger partial charge in [-0.15, -0.1) is 0 Å². The third-order valence-corrected chi connectivity index (χ3v) is 3.16. The summed E-state index contributed by atoms with van der Waals surface area (Å²) in [6, 6.07) is 5.05. The number of carbonyl (C=O) groups excluding carboxylic acids is 1. The van der Waals surface area contributed by atoms with Gasteiger partial charge in [-0.1, -0.05) is 0 Å². The molecule has 0 saturated carbocycles. The Hall–Kier alpha value is -2.71. The van der Waals surface area contributed by atoms with E-state index in [0.717, 1.165) is 30.3 Å².